The molecular formula is C15H19Br2NO2. The van der Waals surface area contributed by atoms with Crippen molar-refractivity contribution >= 4 is 37.8 Å². The molecule has 1 aliphatic rings. The van der Waals surface area contributed by atoms with Crippen LogP contribution in [0.3, 0.4) is 0 Å². The third kappa shape index (κ3) is 3.83. The van der Waals surface area contributed by atoms with Crippen LogP contribution in [0.5, 0.6) is 0 Å². The first-order valence-electron chi connectivity index (χ1n) is 6.79. The minimum atomic E-state index is -0.439. The number of benzene rings is 1. The van der Waals surface area contributed by atoms with E-state index in [-0.39, 0.29) is 5.97 Å². The molecule has 5 heteroatoms. The van der Waals surface area contributed by atoms with Gasteiger partial charge in [0.15, 0.2) is 0 Å². The predicted octanol–water partition coefficient (Wildman–Crippen LogP) is 4.15. The molecule has 1 fully saturated rings. The van der Waals surface area contributed by atoms with E-state index in [9.17, 15) is 4.79 Å². The van der Waals surface area contributed by atoms with E-state index in [0.29, 0.717) is 11.5 Å². The van der Waals surface area contributed by atoms with Gasteiger partial charge in [0.2, 0.25) is 0 Å². The maximum absolute atomic E-state index is 12.4. The first-order valence-corrected chi connectivity index (χ1v) is 8.38. The van der Waals surface area contributed by atoms with Gasteiger partial charge in [-0.15, -0.1) is 0 Å². The van der Waals surface area contributed by atoms with Crippen LogP contribution in [0.15, 0.2) is 27.1 Å². The Hall–Kier alpha value is -0.390. The first-order chi connectivity index (χ1) is 9.40. The van der Waals surface area contributed by atoms with Crippen LogP contribution >= 0.6 is 31.9 Å². The van der Waals surface area contributed by atoms with Crippen molar-refractivity contribution in [3.05, 3.63) is 32.7 Å². The first kappa shape index (κ1) is 16.0. The summed E-state index contributed by atoms with van der Waals surface area (Å²) < 4.78 is 7.45. The lowest BCUT2D eigenvalue weighted by Crippen LogP contribution is -2.42. The van der Waals surface area contributed by atoms with Gasteiger partial charge in [0, 0.05) is 14.9 Å². The van der Waals surface area contributed by atoms with Crippen LogP contribution in [0.4, 0.5) is 0 Å². The van der Waals surface area contributed by atoms with Crippen molar-refractivity contribution < 1.29 is 9.53 Å². The molecular weight excluding hydrogens is 386 g/mol. The van der Waals surface area contributed by atoms with Crippen LogP contribution in [-0.2, 0) is 4.74 Å². The summed E-state index contributed by atoms with van der Waals surface area (Å²) in [6, 6.07) is 5.47. The zero-order chi connectivity index (χ0) is 14.8. The summed E-state index contributed by atoms with van der Waals surface area (Å²) >= 11 is 6.79. The Morgan fingerprint density at radius 3 is 2.55 bits per heavy atom. The average Bonchev–Trinajstić information content (AvgIpc) is 2.39. The number of rotatable bonds is 3. The van der Waals surface area contributed by atoms with Gasteiger partial charge in [0.1, 0.15) is 5.60 Å². The largest absolute Gasteiger partial charge is 0.456 e. The summed E-state index contributed by atoms with van der Waals surface area (Å²) in [4.78, 5) is 12.4. The molecule has 0 radical (unpaired) electrons. The maximum atomic E-state index is 12.4. The van der Waals surface area contributed by atoms with E-state index in [4.69, 9.17) is 4.74 Å². The van der Waals surface area contributed by atoms with Crippen molar-refractivity contribution in [2.75, 3.05) is 13.1 Å². The van der Waals surface area contributed by atoms with Gasteiger partial charge in [-0.05, 0) is 73.9 Å². The Kier molecular flexibility index (Phi) is 5.26. The molecule has 0 aromatic heterocycles. The molecule has 1 saturated heterocycles. The second kappa shape index (κ2) is 6.58. The Bertz CT molecular complexity index is 497. The Morgan fingerprint density at radius 1 is 1.30 bits per heavy atom. The van der Waals surface area contributed by atoms with Gasteiger partial charge in [-0.1, -0.05) is 15.9 Å². The van der Waals surface area contributed by atoms with Crippen LogP contribution < -0.4 is 5.32 Å². The lowest BCUT2D eigenvalue weighted by molar-refractivity contribution is -0.0368. The van der Waals surface area contributed by atoms with Crippen molar-refractivity contribution in [3.63, 3.8) is 0 Å². The fraction of sp³-hybridized carbons (Fsp3) is 0.533. The van der Waals surface area contributed by atoms with Crippen LogP contribution in [0.2, 0.25) is 0 Å². The molecule has 1 heterocycles. The van der Waals surface area contributed by atoms with Gasteiger partial charge in [-0.3, -0.25) is 0 Å². The van der Waals surface area contributed by atoms with Crippen molar-refractivity contribution in [3.8, 4) is 0 Å². The van der Waals surface area contributed by atoms with Gasteiger partial charge in [-0.2, -0.15) is 0 Å². The highest BCUT2D eigenvalue weighted by Gasteiger charge is 2.34. The summed E-state index contributed by atoms with van der Waals surface area (Å²) in [6.07, 6.45) is 2.09. The van der Waals surface area contributed by atoms with Crippen LogP contribution in [-0.4, -0.2) is 24.7 Å². The smallest absolute Gasteiger partial charge is 0.339 e. The predicted molar refractivity (Wildman–Crippen MR) is 86.9 cm³/mol. The quantitative estimate of drug-likeness (QED) is 0.769. The highest BCUT2D eigenvalue weighted by atomic mass is 79.9. The van der Waals surface area contributed by atoms with Gasteiger partial charge in [-0.25, -0.2) is 4.79 Å². The van der Waals surface area contributed by atoms with Gasteiger partial charge >= 0.3 is 5.97 Å². The molecule has 0 unspecified atom stereocenters. The van der Waals surface area contributed by atoms with Gasteiger partial charge in [0.05, 0.1) is 5.56 Å². The number of carbonyl (C=O) groups is 1. The molecule has 110 valence electrons. The van der Waals surface area contributed by atoms with Crippen molar-refractivity contribution in [2.45, 2.75) is 32.3 Å². The van der Waals surface area contributed by atoms with E-state index in [2.05, 4.69) is 37.2 Å². The van der Waals surface area contributed by atoms with E-state index in [1.165, 1.54) is 0 Å². The number of piperidine rings is 1. The molecule has 0 saturated carbocycles. The second-order valence-electron chi connectivity index (χ2n) is 5.64. The molecule has 20 heavy (non-hydrogen) atoms. The van der Waals surface area contributed by atoms with E-state index in [0.717, 1.165) is 34.9 Å². The SMILES string of the molecule is CC(C)(OC(=O)c1ccc(Br)cc1Br)C1CCNCC1. The Morgan fingerprint density at radius 2 is 1.95 bits per heavy atom. The zero-order valence-corrected chi connectivity index (χ0v) is 14.9. The van der Waals surface area contributed by atoms with E-state index in [1.807, 2.05) is 26.0 Å². The van der Waals surface area contributed by atoms with E-state index >= 15 is 0 Å². The number of nitrogens with one attached hydrogen (secondary N) is 1. The normalized spacial score (nSPS) is 17.0. The average molecular weight is 405 g/mol. The third-order valence-electron chi connectivity index (χ3n) is 3.83. The number of esters is 1. The van der Waals surface area contributed by atoms with Crippen LogP contribution in [0, 0.1) is 5.92 Å². The second-order valence-corrected chi connectivity index (χ2v) is 7.41. The molecule has 0 spiro atoms. The summed E-state index contributed by atoms with van der Waals surface area (Å²) in [5.41, 5.74) is 0.126. The topological polar surface area (TPSA) is 38.3 Å². The molecule has 1 aromatic carbocycles. The van der Waals surface area contributed by atoms with Gasteiger partial charge < -0.3 is 10.1 Å². The zero-order valence-electron chi connectivity index (χ0n) is 11.7. The van der Waals surface area contributed by atoms with Crippen LogP contribution in [0.25, 0.3) is 0 Å². The third-order valence-corrected chi connectivity index (χ3v) is 4.98. The number of hydrogen-bond donors (Lipinski definition) is 1. The minimum Gasteiger partial charge on any atom is -0.456 e. The summed E-state index contributed by atoms with van der Waals surface area (Å²) in [5.74, 6) is 0.134. The van der Waals surface area contributed by atoms with E-state index < -0.39 is 5.60 Å². The highest BCUT2D eigenvalue weighted by Crippen LogP contribution is 2.31. The number of hydrogen-bond acceptors (Lipinski definition) is 3. The van der Waals surface area contributed by atoms with Gasteiger partial charge in [0.25, 0.3) is 0 Å². The molecule has 1 aliphatic heterocycles. The monoisotopic (exact) mass is 403 g/mol. The molecule has 0 atom stereocenters. The minimum absolute atomic E-state index is 0.270. The van der Waals surface area contributed by atoms with E-state index in [1.54, 1.807) is 6.07 Å². The molecule has 0 bridgehead atoms. The number of ether oxygens (including phenoxy) is 1. The number of carbonyl (C=O) groups excluding carboxylic acids is 1. The lowest BCUT2D eigenvalue weighted by atomic mass is 9.83. The van der Waals surface area contributed by atoms with Crippen molar-refractivity contribution in [1.29, 1.82) is 0 Å². The standard InChI is InChI=1S/C15H19Br2NO2/c1-15(2,10-5-7-18-8-6-10)20-14(19)12-4-3-11(16)9-13(12)17/h3-4,9-10,18H,5-8H2,1-2H3. The highest BCUT2D eigenvalue weighted by molar-refractivity contribution is 9.11. The van der Waals surface area contributed by atoms with Crippen LogP contribution in [0.1, 0.15) is 37.0 Å². The lowest BCUT2D eigenvalue weighted by Gasteiger charge is -2.36. The molecule has 1 N–H and O–H groups in total. The molecule has 0 aliphatic carbocycles. The van der Waals surface area contributed by atoms with Crippen molar-refractivity contribution in [1.82, 2.24) is 5.32 Å². The molecule has 1 aromatic rings. The fourth-order valence-electron chi connectivity index (χ4n) is 2.55. The summed E-state index contributed by atoms with van der Waals surface area (Å²) in [7, 11) is 0. The fourth-order valence-corrected chi connectivity index (χ4v) is 3.76. The number of halogens is 2. The molecule has 3 nitrogen and oxygen atoms in total. The molecule has 2 rings (SSSR count). The Balaban J connectivity index is 2.09. The Labute approximate surface area is 136 Å². The summed E-state index contributed by atoms with van der Waals surface area (Å²) in [6.45, 7) is 6.00. The summed E-state index contributed by atoms with van der Waals surface area (Å²) in [5, 5.41) is 3.33. The molecule has 0 amide bonds. The van der Waals surface area contributed by atoms with Crippen molar-refractivity contribution in [2.24, 2.45) is 5.92 Å². The maximum Gasteiger partial charge on any atom is 0.339 e.